The molecule has 2 rings (SSSR count). The van der Waals surface area contributed by atoms with E-state index in [0.717, 1.165) is 19.0 Å². The highest BCUT2D eigenvalue weighted by atomic mass is 15.3. The average molecular weight is 264 g/mol. The summed E-state index contributed by atoms with van der Waals surface area (Å²) in [4.78, 5) is 2.54. The summed E-state index contributed by atoms with van der Waals surface area (Å²) in [7, 11) is 1.98. The largest absolute Gasteiger partial charge is 0.312 e. The van der Waals surface area contributed by atoms with E-state index in [4.69, 9.17) is 0 Å². The summed E-state index contributed by atoms with van der Waals surface area (Å²) in [5.41, 5.74) is 1.41. The Morgan fingerprint density at radius 1 is 1.42 bits per heavy atom. The third kappa shape index (κ3) is 4.96. The molecule has 0 aromatic carbocycles. The number of likely N-dealkylation sites (tertiary alicyclic amines) is 1. The zero-order chi connectivity index (χ0) is 13.9. The first-order valence-corrected chi connectivity index (χ1v) is 7.38. The van der Waals surface area contributed by atoms with E-state index in [1.165, 1.54) is 31.6 Å². The van der Waals surface area contributed by atoms with Crippen LogP contribution >= 0.6 is 0 Å². The summed E-state index contributed by atoms with van der Waals surface area (Å²) in [5, 5.41) is 8.11. The molecule has 4 heteroatoms. The quantitative estimate of drug-likeness (QED) is 0.903. The SMILES string of the molecule is Cn1ccc(CN2CCCC(CNC(C)(C)C)C2)n1. The molecular weight excluding hydrogens is 236 g/mol. The van der Waals surface area contributed by atoms with Gasteiger partial charge in [-0.2, -0.15) is 5.10 Å². The van der Waals surface area contributed by atoms with E-state index in [0.29, 0.717) is 0 Å². The van der Waals surface area contributed by atoms with Crippen molar-refractivity contribution < 1.29 is 0 Å². The summed E-state index contributed by atoms with van der Waals surface area (Å²) < 4.78 is 1.89. The molecule has 1 N–H and O–H groups in total. The minimum atomic E-state index is 0.225. The number of piperidine rings is 1. The molecule has 1 unspecified atom stereocenters. The minimum Gasteiger partial charge on any atom is -0.312 e. The van der Waals surface area contributed by atoms with Crippen molar-refractivity contribution in [3.05, 3.63) is 18.0 Å². The number of nitrogens with zero attached hydrogens (tertiary/aromatic N) is 3. The van der Waals surface area contributed by atoms with Crippen LogP contribution in [0.25, 0.3) is 0 Å². The first kappa shape index (κ1) is 14.5. The van der Waals surface area contributed by atoms with Crippen LogP contribution in [0.15, 0.2) is 12.3 Å². The number of rotatable bonds is 4. The minimum absolute atomic E-state index is 0.225. The van der Waals surface area contributed by atoms with Crippen LogP contribution in [-0.4, -0.2) is 39.9 Å². The Morgan fingerprint density at radius 3 is 2.84 bits per heavy atom. The normalized spacial score (nSPS) is 21.8. The van der Waals surface area contributed by atoms with E-state index < -0.39 is 0 Å². The van der Waals surface area contributed by atoms with Gasteiger partial charge in [-0.3, -0.25) is 9.58 Å². The number of aryl methyl sites for hydroxylation is 1. The van der Waals surface area contributed by atoms with Gasteiger partial charge in [-0.25, -0.2) is 0 Å². The van der Waals surface area contributed by atoms with Crippen molar-refractivity contribution in [2.24, 2.45) is 13.0 Å². The van der Waals surface area contributed by atoms with Crippen LogP contribution in [0.2, 0.25) is 0 Å². The highest BCUT2D eigenvalue weighted by Crippen LogP contribution is 2.18. The van der Waals surface area contributed by atoms with Crippen molar-refractivity contribution >= 4 is 0 Å². The summed E-state index contributed by atoms with van der Waals surface area (Å²) >= 11 is 0. The number of aromatic nitrogens is 2. The number of nitrogens with one attached hydrogen (secondary N) is 1. The van der Waals surface area contributed by atoms with Gasteiger partial charge in [0.2, 0.25) is 0 Å². The molecule has 1 fully saturated rings. The third-order valence-corrected chi connectivity index (χ3v) is 3.68. The standard InChI is InChI=1S/C15H28N4/c1-15(2,3)16-10-13-6-5-8-19(11-13)12-14-7-9-18(4)17-14/h7,9,13,16H,5-6,8,10-12H2,1-4H3. The lowest BCUT2D eigenvalue weighted by Crippen LogP contribution is -2.44. The first-order valence-electron chi connectivity index (χ1n) is 7.38. The van der Waals surface area contributed by atoms with Crippen molar-refractivity contribution in [2.75, 3.05) is 19.6 Å². The highest BCUT2D eigenvalue weighted by molar-refractivity contribution is 4.98. The molecule has 1 aliphatic rings. The van der Waals surface area contributed by atoms with Gasteiger partial charge in [0.25, 0.3) is 0 Å². The van der Waals surface area contributed by atoms with Crippen molar-refractivity contribution in [1.82, 2.24) is 20.0 Å². The van der Waals surface area contributed by atoms with Gasteiger partial charge in [-0.1, -0.05) is 0 Å². The van der Waals surface area contributed by atoms with Gasteiger partial charge in [-0.15, -0.1) is 0 Å². The molecule has 0 spiro atoms. The van der Waals surface area contributed by atoms with Gasteiger partial charge in [0.15, 0.2) is 0 Å². The lowest BCUT2D eigenvalue weighted by molar-refractivity contribution is 0.158. The monoisotopic (exact) mass is 264 g/mol. The first-order chi connectivity index (χ1) is 8.92. The zero-order valence-corrected chi connectivity index (χ0v) is 12.8. The van der Waals surface area contributed by atoms with Crippen molar-refractivity contribution in [1.29, 1.82) is 0 Å². The second-order valence-corrected chi connectivity index (χ2v) is 6.86. The lowest BCUT2D eigenvalue weighted by atomic mass is 9.96. The van der Waals surface area contributed by atoms with Crippen LogP contribution in [-0.2, 0) is 13.6 Å². The molecule has 0 radical (unpaired) electrons. The van der Waals surface area contributed by atoms with E-state index in [1.807, 2.05) is 17.9 Å². The van der Waals surface area contributed by atoms with Crippen molar-refractivity contribution in [3.63, 3.8) is 0 Å². The van der Waals surface area contributed by atoms with Crippen molar-refractivity contribution in [2.45, 2.75) is 45.7 Å². The second-order valence-electron chi connectivity index (χ2n) is 6.86. The summed E-state index contributed by atoms with van der Waals surface area (Å²) in [6.45, 7) is 11.2. The summed E-state index contributed by atoms with van der Waals surface area (Å²) in [6.07, 6.45) is 4.68. The molecule has 0 aliphatic carbocycles. The average Bonchev–Trinajstić information content (AvgIpc) is 2.72. The van der Waals surface area contributed by atoms with Gasteiger partial charge in [0.05, 0.1) is 5.69 Å². The number of hydrogen-bond donors (Lipinski definition) is 1. The number of hydrogen-bond acceptors (Lipinski definition) is 3. The maximum Gasteiger partial charge on any atom is 0.0764 e. The van der Waals surface area contributed by atoms with Gasteiger partial charge < -0.3 is 5.32 Å². The summed E-state index contributed by atoms with van der Waals surface area (Å²) in [5.74, 6) is 0.775. The van der Waals surface area contributed by atoms with Crippen LogP contribution in [0.3, 0.4) is 0 Å². The van der Waals surface area contributed by atoms with E-state index in [-0.39, 0.29) is 5.54 Å². The maximum absolute atomic E-state index is 4.47. The summed E-state index contributed by atoms with van der Waals surface area (Å²) in [6, 6.07) is 2.12. The fourth-order valence-electron chi connectivity index (χ4n) is 2.69. The Labute approximate surface area is 117 Å². The molecule has 0 saturated carbocycles. The molecule has 1 aromatic heterocycles. The molecule has 0 bridgehead atoms. The molecule has 108 valence electrons. The fourth-order valence-corrected chi connectivity index (χ4v) is 2.69. The van der Waals surface area contributed by atoms with Gasteiger partial charge >= 0.3 is 0 Å². The molecule has 1 atom stereocenters. The molecule has 2 heterocycles. The predicted molar refractivity (Wildman–Crippen MR) is 79.0 cm³/mol. The zero-order valence-electron chi connectivity index (χ0n) is 12.8. The predicted octanol–water partition coefficient (Wildman–Crippen LogP) is 2.02. The van der Waals surface area contributed by atoms with Crippen LogP contribution in [0.1, 0.15) is 39.3 Å². The van der Waals surface area contributed by atoms with Gasteiger partial charge in [-0.05, 0) is 58.7 Å². The van der Waals surface area contributed by atoms with Gasteiger partial charge in [0, 0.05) is 31.9 Å². The Hall–Kier alpha value is -0.870. The van der Waals surface area contributed by atoms with Crippen LogP contribution in [0.5, 0.6) is 0 Å². The van der Waals surface area contributed by atoms with E-state index in [2.05, 4.69) is 42.2 Å². The van der Waals surface area contributed by atoms with Crippen LogP contribution < -0.4 is 5.32 Å². The molecular formula is C15H28N4. The molecule has 1 saturated heterocycles. The second kappa shape index (κ2) is 6.06. The Morgan fingerprint density at radius 2 is 2.21 bits per heavy atom. The molecule has 19 heavy (non-hydrogen) atoms. The Kier molecular flexibility index (Phi) is 4.63. The smallest absolute Gasteiger partial charge is 0.0764 e. The Bertz CT molecular complexity index is 391. The van der Waals surface area contributed by atoms with E-state index >= 15 is 0 Å². The maximum atomic E-state index is 4.47. The molecule has 1 aromatic rings. The molecule has 4 nitrogen and oxygen atoms in total. The Balaban J connectivity index is 1.80. The topological polar surface area (TPSA) is 33.1 Å². The van der Waals surface area contributed by atoms with E-state index in [1.54, 1.807) is 0 Å². The van der Waals surface area contributed by atoms with Gasteiger partial charge in [0.1, 0.15) is 0 Å². The third-order valence-electron chi connectivity index (χ3n) is 3.68. The fraction of sp³-hybridized carbons (Fsp3) is 0.800. The van der Waals surface area contributed by atoms with Crippen LogP contribution in [0.4, 0.5) is 0 Å². The van der Waals surface area contributed by atoms with E-state index in [9.17, 15) is 0 Å². The molecule has 1 aliphatic heterocycles. The molecule has 0 amide bonds. The highest BCUT2D eigenvalue weighted by Gasteiger charge is 2.21. The lowest BCUT2D eigenvalue weighted by Gasteiger charge is -2.34. The van der Waals surface area contributed by atoms with Crippen molar-refractivity contribution in [3.8, 4) is 0 Å². The van der Waals surface area contributed by atoms with Crippen LogP contribution in [0, 0.1) is 5.92 Å².